The summed E-state index contributed by atoms with van der Waals surface area (Å²) in [6.07, 6.45) is 24.6. The minimum atomic E-state index is -3.67. The second-order valence-corrected chi connectivity index (χ2v) is 11.5. The SMILES string of the molecule is C.C.C.C.C.C.C.C.C.C.C.C.C.C.C.C.C.C.C#CC.C/C=C/CC.C=C(C)C.C=CC.C=CC.CC(=O)O.CC1CN1.CC1CO1.CC=C(C)C.CC=CC.CC=O.CN.CN=C=O.CN=C=S.CO.CS.CS(=O)(=O)O. The van der Waals surface area contributed by atoms with Gasteiger partial charge >= 0.3 is 0 Å². The van der Waals surface area contributed by atoms with E-state index in [1.807, 2.05) is 67.5 Å². The Labute approximate surface area is 521 Å². The zero-order valence-electron chi connectivity index (χ0n) is 42.6. The van der Waals surface area contributed by atoms with E-state index in [9.17, 15) is 8.42 Å². The number of aliphatic hydroxyl groups excluding tert-OH is 1. The third-order valence-electron chi connectivity index (χ3n) is 2.68. The number of hydrogen-bond acceptors (Lipinski definition) is 13. The van der Waals surface area contributed by atoms with Crippen molar-refractivity contribution < 1.29 is 42.3 Å². The number of nitrogens with one attached hydrogen (secondary N) is 1. The lowest BCUT2D eigenvalue weighted by molar-refractivity contribution is -0.134. The highest BCUT2D eigenvalue weighted by molar-refractivity contribution is 7.85. The van der Waals surface area contributed by atoms with E-state index in [2.05, 4.69) is 136 Å². The number of nitrogens with zero attached hydrogens (tertiary/aromatic N) is 2. The monoisotopic (exact) mass is 1220 g/mol. The normalized spacial score (nSPS) is 8.22. The zero-order chi connectivity index (χ0) is 53.1. The Hall–Kier alpha value is -3.58. The van der Waals surface area contributed by atoms with E-state index in [4.69, 9.17) is 33.9 Å². The van der Waals surface area contributed by atoms with Gasteiger partial charge in [0.15, 0.2) is 0 Å². The van der Waals surface area contributed by atoms with E-state index in [1.54, 1.807) is 32.4 Å². The average molecular weight is 1220 g/mol. The number of isocyanates is 1. The fraction of sp³-hybridized carbons (Fsp3) is 0.714. The van der Waals surface area contributed by atoms with Crippen LogP contribution in [0.2, 0.25) is 0 Å². The van der Waals surface area contributed by atoms with Gasteiger partial charge in [0.1, 0.15) is 6.29 Å². The van der Waals surface area contributed by atoms with Crippen LogP contribution in [0.15, 0.2) is 83.4 Å². The molecule has 2 heterocycles. The molecule has 2 unspecified atom stereocenters. The third kappa shape index (κ3) is 4400. The molecule has 16 heteroatoms. The first kappa shape index (κ1) is 232. The summed E-state index contributed by atoms with van der Waals surface area (Å²) in [4.78, 5) is 32.9. The molecule has 0 aromatic carbocycles. The summed E-state index contributed by atoms with van der Waals surface area (Å²) in [6.45, 7) is 43.0. The van der Waals surface area contributed by atoms with Gasteiger partial charge in [-0.05, 0) is 129 Å². The summed E-state index contributed by atoms with van der Waals surface area (Å²) >= 11 is 7.66. The van der Waals surface area contributed by atoms with Gasteiger partial charge in [0.25, 0.3) is 16.1 Å². The highest BCUT2D eigenvalue weighted by atomic mass is 32.2. The molecule has 0 saturated carbocycles. The molecule has 0 spiro atoms. The quantitative estimate of drug-likeness (QED) is 0.0166. The lowest BCUT2D eigenvalue weighted by Crippen LogP contribution is -1.88. The molecule has 2 aliphatic heterocycles. The molecule has 2 saturated heterocycles. The van der Waals surface area contributed by atoms with Crippen molar-refractivity contribution in [3.63, 3.8) is 0 Å². The maximum absolute atomic E-state index is 9.19. The van der Waals surface area contributed by atoms with Crippen LogP contribution in [-0.2, 0) is 29.2 Å². The number of thiocarbonyl (C=S) groups is 1. The molecule has 0 radical (unpaired) electrons. The molecule has 0 aromatic rings. The molecule has 2 aliphatic rings. The summed E-state index contributed by atoms with van der Waals surface area (Å²) in [7, 11) is 1.81. The molecular formula is C63H168N4O9S3. The van der Waals surface area contributed by atoms with Gasteiger partial charge in [-0.25, -0.2) is 14.8 Å². The number of allylic oxidation sites excluding steroid dienone is 9. The highest BCUT2D eigenvalue weighted by Gasteiger charge is 2.13. The molecule has 2 fully saturated rings. The first-order chi connectivity index (χ1) is 28.3. The van der Waals surface area contributed by atoms with E-state index in [0.717, 1.165) is 39.4 Å². The van der Waals surface area contributed by atoms with Crippen LogP contribution in [0, 0.1) is 12.3 Å². The molecule has 13 nitrogen and oxygen atoms in total. The van der Waals surface area contributed by atoms with Crippen LogP contribution in [0.25, 0.3) is 0 Å². The third-order valence-corrected chi connectivity index (χ3v) is 2.86. The van der Waals surface area contributed by atoms with Crippen LogP contribution < -0.4 is 11.1 Å². The minimum Gasteiger partial charge on any atom is -0.481 e. The number of carbonyl (C=O) groups is 2. The molecule has 2 rings (SSSR count). The number of carboxylic acid groups (broad SMARTS) is 1. The Bertz CT molecular complexity index is 1030. The maximum atomic E-state index is 9.19. The number of aldehydes is 1. The molecule has 0 amide bonds. The number of aliphatic hydroxyl groups is 1. The largest absolute Gasteiger partial charge is 0.481 e. The molecule has 2 atom stereocenters. The molecular weight excluding hydrogens is 1050 g/mol. The van der Waals surface area contributed by atoms with Gasteiger partial charge in [0.2, 0.25) is 6.08 Å². The minimum absolute atomic E-state index is 0. The second kappa shape index (κ2) is 320. The van der Waals surface area contributed by atoms with Crippen LogP contribution >= 0.6 is 24.8 Å². The number of ether oxygens (including phenoxy) is 1. The van der Waals surface area contributed by atoms with Crippen molar-refractivity contribution in [1.82, 2.24) is 5.32 Å². The molecule has 79 heavy (non-hydrogen) atoms. The van der Waals surface area contributed by atoms with Gasteiger partial charge < -0.3 is 30.8 Å². The molecule has 0 aliphatic carbocycles. The number of hydrogen-bond donors (Lipinski definition) is 6. The first-order valence-corrected chi connectivity index (χ1v) is 21.7. The predicted molar refractivity (Wildman–Crippen MR) is 402 cm³/mol. The van der Waals surface area contributed by atoms with Crippen LogP contribution in [0.4, 0.5) is 0 Å². The number of epoxide rings is 1. The van der Waals surface area contributed by atoms with Gasteiger partial charge in [0, 0.05) is 40.7 Å². The van der Waals surface area contributed by atoms with Crippen molar-refractivity contribution in [3.05, 3.63) is 73.4 Å². The summed E-state index contributed by atoms with van der Waals surface area (Å²) < 4.78 is 30.6. The van der Waals surface area contributed by atoms with Crippen LogP contribution in [0.1, 0.15) is 251 Å². The van der Waals surface area contributed by atoms with Crippen molar-refractivity contribution >= 4 is 58.5 Å². The van der Waals surface area contributed by atoms with Crippen LogP contribution in [-0.4, -0.2) is 113 Å². The molecule has 0 bridgehead atoms. The Kier molecular flexibility index (Phi) is 940. The fourth-order valence-corrected chi connectivity index (χ4v) is 0.450. The van der Waals surface area contributed by atoms with Crippen LogP contribution in [0.3, 0.4) is 0 Å². The van der Waals surface area contributed by atoms with E-state index in [0.29, 0.717) is 12.4 Å². The van der Waals surface area contributed by atoms with Gasteiger partial charge in [-0.1, -0.05) is 194 Å². The van der Waals surface area contributed by atoms with Gasteiger partial charge in [0.05, 0.1) is 24.1 Å². The summed E-state index contributed by atoms with van der Waals surface area (Å²) in [5, 5.41) is 19.7. The van der Waals surface area contributed by atoms with E-state index >= 15 is 0 Å². The number of aliphatic imine (C=N–C) groups is 2. The Morgan fingerprint density at radius 1 is 0.747 bits per heavy atom. The number of rotatable bonds is 1. The lowest BCUT2D eigenvalue weighted by atomic mass is 10.3. The molecule has 512 valence electrons. The van der Waals surface area contributed by atoms with Gasteiger partial charge in [-0.2, -0.15) is 21.0 Å². The number of isothiocyanates is 1. The molecule has 0 aromatic heterocycles. The number of thiol groups is 1. The van der Waals surface area contributed by atoms with Gasteiger partial charge in [-0.3, -0.25) is 9.35 Å². The number of aliphatic carboxylic acids is 1. The Morgan fingerprint density at radius 3 is 0.861 bits per heavy atom. The van der Waals surface area contributed by atoms with E-state index in [-0.39, 0.29) is 134 Å². The average Bonchev–Trinajstić information content (AvgIpc) is 4.15. The van der Waals surface area contributed by atoms with Crippen molar-refractivity contribution in [2.24, 2.45) is 15.7 Å². The first-order valence-electron chi connectivity index (χ1n) is 18.5. The maximum Gasteiger partial charge on any atom is 0.300 e. The van der Waals surface area contributed by atoms with Crippen molar-refractivity contribution in [2.75, 3.05) is 53.9 Å². The number of carboxylic acids is 1. The summed E-state index contributed by atoms with van der Waals surface area (Å²) in [5.74, 6) is 1.42. The number of nitrogens with two attached hydrogens (primary N) is 1. The summed E-state index contributed by atoms with van der Waals surface area (Å²) in [6, 6.07) is 0.833. The number of carbonyl (C=O) groups excluding carboxylic acids is 2. The standard InChI is InChI=1S/2C5H10.2C4H8.C3H7N.C3H6O.2C3H6.C3H4.C2H3NO.C2H3NS.C2H4O2.C2H4O.CH5N.CH4O3S.CH4O.CH4S.18CH4/c1-4-5(2)3;1-3-5-4-2;1-4(2)3;1-3-4-2;2*1-3-2-4-3;3*1-3-2;2*1-3-2-4;1-2(3)4;1-2-3;1-2;1-5(2,3)4;2*1-2;;;;;;;;;;;;;;;;;;/h4H,1-3H3;3,5H,4H2,1-2H3;1H2,2-3H3;3-4H,1-2H3;3-4H,2H2,1H3;3H,2H2,1H3;2*3H,1H2,2H3;1H,2H3;2*1H3;1H3,(H,3,4);2H,1H3;2H2,1H3;1H3,(H,2,3,4);2*2H,1H3;18*1H4/b;5-3+;;;;;;;;;;;;;;;;;;;;;;;;;;;;;;;;;. The van der Waals surface area contributed by atoms with E-state index < -0.39 is 16.1 Å². The Morgan fingerprint density at radius 2 is 0.861 bits per heavy atom. The van der Waals surface area contributed by atoms with Crippen molar-refractivity contribution in [1.29, 1.82) is 0 Å². The van der Waals surface area contributed by atoms with Crippen LogP contribution in [0.5, 0.6) is 0 Å². The number of terminal acetylenes is 1. The lowest BCUT2D eigenvalue weighted by Gasteiger charge is -1.74. The zero-order valence-corrected chi connectivity index (χ0v) is 45.1. The Balaban J connectivity index is -0.00000000910. The van der Waals surface area contributed by atoms with Crippen molar-refractivity contribution in [3.8, 4) is 12.3 Å². The van der Waals surface area contributed by atoms with Gasteiger partial charge in [-0.15, -0.1) is 32.1 Å². The fourth-order valence-electron chi connectivity index (χ4n) is 0.450. The smallest absolute Gasteiger partial charge is 0.300 e. The molecule has 6 N–H and O–H groups in total. The topological polar surface area (TPSA) is 231 Å². The second-order valence-electron chi connectivity index (χ2n) is 9.89. The highest BCUT2D eigenvalue weighted by Crippen LogP contribution is 2.04. The van der Waals surface area contributed by atoms with Crippen molar-refractivity contribution in [2.45, 2.75) is 263 Å². The predicted octanol–water partition coefficient (Wildman–Crippen LogP) is 22.2. The van der Waals surface area contributed by atoms with E-state index in [1.165, 1.54) is 44.8 Å². The summed E-state index contributed by atoms with van der Waals surface area (Å²) in [5.41, 5.74) is 7.05.